The van der Waals surface area contributed by atoms with E-state index in [1.54, 1.807) is 0 Å². The highest BCUT2D eigenvalue weighted by molar-refractivity contribution is 9.10. The quantitative estimate of drug-likeness (QED) is 0.889. The summed E-state index contributed by atoms with van der Waals surface area (Å²) in [6.07, 6.45) is 0. The van der Waals surface area contributed by atoms with E-state index in [0.717, 1.165) is 33.2 Å². The van der Waals surface area contributed by atoms with Gasteiger partial charge in [0.15, 0.2) is 11.5 Å². The molecule has 0 saturated heterocycles. The van der Waals surface area contributed by atoms with E-state index in [9.17, 15) is 0 Å². The fraction of sp³-hybridized carbons (Fsp3) is 0.182. The first-order valence-corrected chi connectivity index (χ1v) is 5.91. The van der Waals surface area contributed by atoms with Gasteiger partial charge in [0.2, 0.25) is 6.79 Å². The van der Waals surface area contributed by atoms with E-state index in [4.69, 9.17) is 15.2 Å². The Kier molecular flexibility index (Phi) is 2.53. The molecular weight excluding hydrogens is 286 g/mol. The largest absolute Gasteiger partial charge is 0.454 e. The molecule has 17 heavy (non-hydrogen) atoms. The summed E-state index contributed by atoms with van der Waals surface area (Å²) in [4.78, 5) is 7.47. The van der Waals surface area contributed by atoms with Crippen LogP contribution in [0.4, 0.5) is 0 Å². The molecule has 1 aliphatic rings. The molecule has 0 spiro atoms. The summed E-state index contributed by atoms with van der Waals surface area (Å²) >= 11 is 3.43. The van der Waals surface area contributed by atoms with Gasteiger partial charge in [-0.2, -0.15) is 0 Å². The van der Waals surface area contributed by atoms with Crippen molar-refractivity contribution in [1.29, 1.82) is 0 Å². The van der Waals surface area contributed by atoms with Gasteiger partial charge in [-0.3, -0.25) is 0 Å². The van der Waals surface area contributed by atoms with E-state index >= 15 is 0 Å². The van der Waals surface area contributed by atoms with Crippen LogP contribution in [0.25, 0.3) is 11.3 Å². The van der Waals surface area contributed by atoms with Gasteiger partial charge in [-0.15, -0.1) is 0 Å². The highest BCUT2D eigenvalue weighted by Crippen LogP contribution is 2.37. The number of rotatable bonds is 2. The molecule has 0 aliphatic carbocycles. The Morgan fingerprint density at radius 3 is 2.94 bits per heavy atom. The molecule has 3 N–H and O–H groups in total. The molecule has 1 aliphatic heterocycles. The predicted octanol–water partition coefficient (Wildman–Crippen LogP) is 2.03. The van der Waals surface area contributed by atoms with Crippen molar-refractivity contribution in [3.63, 3.8) is 0 Å². The minimum absolute atomic E-state index is 0.272. The zero-order valence-electron chi connectivity index (χ0n) is 8.87. The number of imidazole rings is 1. The van der Waals surface area contributed by atoms with Gasteiger partial charge in [-0.05, 0) is 34.1 Å². The molecule has 3 rings (SSSR count). The second-order valence-corrected chi connectivity index (χ2v) is 4.41. The van der Waals surface area contributed by atoms with Crippen LogP contribution in [-0.2, 0) is 6.54 Å². The molecule has 2 heterocycles. The van der Waals surface area contributed by atoms with Crippen molar-refractivity contribution in [2.45, 2.75) is 6.54 Å². The summed E-state index contributed by atoms with van der Waals surface area (Å²) in [7, 11) is 0. The van der Waals surface area contributed by atoms with Gasteiger partial charge in [0.05, 0.1) is 6.54 Å². The van der Waals surface area contributed by atoms with Crippen molar-refractivity contribution < 1.29 is 9.47 Å². The summed E-state index contributed by atoms with van der Waals surface area (Å²) in [6.45, 7) is 0.651. The van der Waals surface area contributed by atoms with E-state index < -0.39 is 0 Å². The number of nitrogens with one attached hydrogen (secondary N) is 1. The number of hydrogen-bond acceptors (Lipinski definition) is 4. The fourth-order valence-electron chi connectivity index (χ4n) is 1.73. The van der Waals surface area contributed by atoms with Crippen molar-refractivity contribution >= 4 is 15.9 Å². The average Bonchev–Trinajstić information content (AvgIpc) is 2.93. The first kappa shape index (κ1) is 10.6. The second-order valence-electron chi connectivity index (χ2n) is 3.62. The van der Waals surface area contributed by atoms with Gasteiger partial charge < -0.3 is 20.2 Å². The zero-order chi connectivity index (χ0) is 11.8. The van der Waals surface area contributed by atoms with E-state index in [2.05, 4.69) is 25.9 Å². The van der Waals surface area contributed by atoms with Gasteiger partial charge in [-0.1, -0.05) is 0 Å². The molecule has 1 aromatic heterocycles. The maximum atomic E-state index is 5.54. The number of ether oxygens (including phenoxy) is 2. The third-order valence-electron chi connectivity index (χ3n) is 2.55. The third-order valence-corrected chi connectivity index (χ3v) is 3.12. The zero-order valence-corrected chi connectivity index (χ0v) is 10.5. The van der Waals surface area contributed by atoms with Gasteiger partial charge >= 0.3 is 0 Å². The molecule has 0 atom stereocenters. The molecule has 1 aromatic carbocycles. The first-order valence-electron chi connectivity index (χ1n) is 5.12. The predicted molar refractivity (Wildman–Crippen MR) is 65.7 cm³/mol. The lowest BCUT2D eigenvalue weighted by Crippen LogP contribution is -1.97. The molecular formula is C11H10BrN3O2. The van der Waals surface area contributed by atoms with Gasteiger partial charge in [0, 0.05) is 5.56 Å². The van der Waals surface area contributed by atoms with Crippen LogP contribution in [0.1, 0.15) is 5.82 Å². The van der Waals surface area contributed by atoms with Crippen LogP contribution >= 0.6 is 15.9 Å². The topological polar surface area (TPSA) is 73.2 Å². The molecule has 0 radical (unpaired) electrons. The van der Waals surface area contributed by atoms with E-state index in [-0.39, 0.29) is 6.79 Å². The Bertz CT molecular complexity index is 568. The van der Waals surface area contributed by atoms with Crippen LogP contribution in [0, 0.1) is 0 Å². The molecule has 88 valence electrons. The fourth-order valence-corrected chi connectivity index (χ4v) is 2.28. The number of aromatic nitrogens is 2. The highest BCUT2D eigenvalue weighted by atomic mass is 79.9. The minimum atomic E-state index is 0.272. The van der Waals surface area contributed by atoms with Crippen LogP contribution in [0.15, 0.2) is 22.8 Å². The third kappa shape index (κ3) is 1.79. The second kappa shape index (κ2) is 4.05. The van der Waals surface area contributed by atoms with Crippen LogP contribution in [-0.4, -0.2) is 16.8 Å². The summed E-state index contributed by atoms with van der Waals surface area (Å²) in [5.74, 6) is 2.25. The van der Waals surface area contributed by atoms with Crippen LogP contribution < -0.4 is 15.2 Å². The number of benzene rings is 1. The SMILES string of the molecule is NCc1nc(-c2ccc3c(c2)OCO3)c(Br)[nH]1. The number of H-pyrrole nitrogens is 1. The standard InChI is InChI=1S/C11H10BrN3O2/c12-11-10(14-9(4-13)15-11)6-1-2-7-8(3-6)17-5-16-7/h1-3H,4-5,13H2,(H,14,15). The van der Waals surface area contributed by atoms with Gasteiger partial charge in [0.1, 0.15) is 16.1 Å². The van der Waals surface area contributed by atoms with Crippen molar-refractivity contribution in [3.05, 3.63) is 28.6 Å². The summed E-state index contributed by atoms with van der Waals surface area (Å²) in [6, 6.07) is 5.72. The monoisotopic (exact) mass is 295 g/mol. The number of nitrogens with two attached hydrogens (primary N) is 1. The molecule has 0 unspecified atom stereocenters. The Balaban J connectivity index is 2.06. The summed E-state index contributed by atoms with van der Waals surface area (Å²) in [5, 5.41) is 0. The Hall–Kier alpha value is -1.53. The van der Waals surface area contributed by atoms with Gasteiger partial charge in [-0.25, -0.2) is 4.98 Å². The number of fused-ring (bicyclic) bond motifs is 1. The Morgan fingerprint density at radius 2 is 2.18 bits per heavy atom. The maximum Gasteiger partial charge on any atom is 0.231 e. The van der Waals surface area contributed by atoms with Crippen molar-refractivity contribution in [2.75, 3.05) is 6.79 Å². The van der Waals surface area contributed by atoms with Crippen LogP contribution in [0.2, 0.25) is 0 Å². The van der Waals surface area contributed by atoms with E-state index in [0.29, 0.717) is 6.54 Å². The number of halogens is 1. The normalized spacial score (nSPS) is 13.1. The Labute approximate surface area is 106 Å². The number of aromatic amines is 1. The number of hydrogen-bond donors (Lipinski definition) is 2. The van der Waals surface area contributed by atoms with Crippen molar-refractivity contribution in [2.24, 2.45) is 5.73 Å². The molecule has 0 saturated carbocycles. The number of nitrogens with zero attached hydrogens (tertiary/aromatic N) is 1. The van der Waals surface area contributed by atoms with Crippen molar-refractivity contribution in [3.8, 4) is 22.8 Å². The molecule has 0 amide bonds. The average molecular weight is 296 g/mol. The smallest absolute Gasteiger partial charge is 0.231 e. The lowest BCUT2D eigenvalue weighted by molar-refractivity contribution is 0.174. The molecule has 0 bridgehead atoms. The molecule has 2 aromatic rings. The van der Waals surface area contributed by atoms with E-state index in [1.165, 1.54) is 0 Å². The first-order chi connectivity index (χ1) is 8.28. The van der Waals surface area contributed by atoms with Crippen LogP contribution in [0.3, 0.4) is 0 Å². The summed E-state index contributed by atoms with van der Waals surface area (Å²) < 4.78 is 11.4. The molecule has 5 nitrogen and oxygen atoms in total. The van der Waals surface area contributed by atoms with Crippen LogP contribution in [0.5, 0.6) is 11.5 Å². The lowest BCUT2D eigenvalue weighted by Gasteiger charge is -2.00. The van der Waals surface area contributed by atoms with Gasteiger partial charge in [0.25, 0.3) is 0 Å². The molecule has 0 fully saturated rings. The lowest BCUT2D eigenvalue weighted by atomic mass is 10.1. The van der Waals surface area contributed by atoms with Crippen molar-refractivity contribution in [1.82, 2.24) is 9.97 Å². The van der Waals surface area contributed by atoms with E-state index in [1.807, 2.05) is 18.2 Å². The minimum Gasteiger partial charge on any atom is -0.454 e. The highest BCUT2D eigenvalue weighted by Gasteiger charge is 2.16. The molecule has 6 heteroatoms. The summed E-state index contributed by atoms with van der Waals surface area (Å²) in [5.41, 5.74) is 7.32. The Morgan fingerprint density at radius 1 is 1.35 bits per heavy atom. The maximum absolute atomic E-state index is 5.54.